The Kier molecular flexibility index (Phi) is 5.63. The van der Waals surface area contributed by atoms with Gasteiger partial charge in [-0.25, -0.2) is 0 Å². The topological polar surface area (TPSA) is 97.6 Å². The van der Waals surface area contributed by atoms with Crippen molar-refractivity contribution in [3.63, 3.8) is 0 Å². The number of carbonyl (C=O) groups is 1. The molecular weight excluding hydrogens is 309 g/mol. The smallest absolute Gasteiger partial charge is 0.422 e. The number of amides is 1. The summed E-state index contributed by atoms with van der Waals surface area (Å²) in [5, 5.41) is 13.0. The van der Waals surface area contributed by atoms with Gasteiger partial charge >= 0.3 is 11.9 Å². The van der Waals surface area contributed by atoms with Gasteiger partial charge in [0.2, 0.25) is 5.91 Å². The number of hydrogen-bond acceptors (Lipinski definition) is 6. The van der Waals surface area contributed by atoms with Gasteiger partial charge in [0.15, 0.2) is 6.61 Å². The average molecular weight is 322 g/mol. The molecule has 0 saturated heterocycles. The Balaban J connectivity index is 2.93. The second-order valence-electron chi connectivity index (χ2n) is 4.47. The van der Waals surface area contributed by atoms with Gasteiger partial charge in [0, 0.05) is 6.07 Å². The molecule has 0 bridgehead atoms. The van der Waals surface area contributed by atoms with E-state index in [0.717, 1.165) is 12.1 Å². The van der Waals surface area contributed by atoms with E-state index < -0.39 is 35.2 Å². The zero-order valence-electron chi connectivity index (χ0n) is 11.7. The molecule has 0 saturated carbocycles. The first-order valence-electron chi connectivity index (χ1n) is 5.88. The summed E-state index contributed by atoms with van der Waals surface area (Å²) in [7, 11) is 3.28. The van der Waals surface area contributed by atoms with Crippen molar-refractivity contribution in [1.29, 1.82) is 0 Å². The molecule has 0 aliphatic carbocycles. The van der Waals surface area contributed by atoms with Crippen LogP contribution in [0.4, 0.5) is 24.7 Å². The van der Waals surface area contributed by atoms with Crippen molar-refractivity contribution < 1.29 is 27.6 Å². The third-order valence-corrected chi connectivity index (χ3v) is 2.14. The predicted octanol–water partition coefficient (Wildman–Crippen LogP) is 1.43. The molecule has 1 rings (SSSR count). The Hall–Kier alpha value is -2.43. The number of carbonyl (C=O) groups excluding carboxylic acids is 1. The lowest BCUT2D eigenvalue weighted by Gasteiger charge is -2.11. The molecule has 1 heterocycles. The third-order valence-electron chi connectivity index (χ3n) is 2.14. The molecule has 0 spiro atoms. The lowest BCUT2D eigenvalue weighted by molar-refractivity contribution is -0.386. The van der Waals surface area contributed by atoms with Gasteiger partial charge < -0.3 is 15.0 Å². The minimum atomic E-state index is -4.67. The minimum Gasteiger partial charge on any atom is -0.463 e. The van der Waals surface area contributed by atoms with Crippen LogP contribution in [0.1, 0.15) is 0 Å². The first-order chi connectivity index (χ1) is 10.1. The number of nitrogens with one attached hydrogen (secondary N) is 1. The molecule has 0 radical (unpaired) electrons. The van der Waals surface area contributed by atoms with Crippen molar-refractivity contribution in [2.45, 2.75) is 6.18 Å². The first-order valence-corrected chi connectivity index (χ1v) is 5.88. The number of halogens is 3. The van der Waals surface area contributed by atoms with E-state index >= 15 is 0 Å². The van der Waals surface area contributed by atoms with Crippen LogP contribution in [0.15, 0.2) is 12.1 Å². The van der Waals surface area contributed by atoms with Crippen molar-refractivity contribution in [1.82, 2.24) is 9.88 Å². The summed E-state index contributed by atoms with van der Waals surface area (Å²) in [5.41, 5.74) is -0.727. The number of alkyl halides is 3. The van der Waals surface area contributed by atoms with Crippen LogP contribution in [0.2, 0.25) is 0 Å². The number of aromatic nitrogens is 1. The van der Waals surface area contributed by atoms with E-state index in [9.17, 15) is 28.1 Å². The highest BCUT2D eigenvalue weighted by Gasteiger charge is 2.30. The van der Waals surface area contributed by atoms with Crippen LogP contribution in [0.3, 0.4) is 0 Å². The average Bonchev–Trinajstić information content (AvgIpc) is 2.34. The van der Waals surface area contributed by atoms with Crippen molar-refractivity contribution in [3.05, 3.63) is 22.2 Å². The van der Waals surface area contributed by atoms with Crippen LogP contribution in [0, 0.1) is 10.1 Å². The summed E-state index contributed by atoms with van der Waals surface area (Å²) < 4.78 is 40.7. The van der Waals surface area contributed by atoms with Crippen LogP contribution in [-0.2, 0) is 4.79 Å². The molecule has 0 aliphatic heterocycles. The lowest BCUT2D eigenvalue weighted by Crippen LogP contribution is -2.27. The first kappa shape index (κ1) is 17.6. The number of nitrogens with zero attached hydrogens (tertiary/aromatic N) is 3. The monoisotopic (exact) mass is 322 g/mol. The Morgan fingerprint density at radius 2 is 2.09 bits per heavy atom. The summed E-state index contributed by atoms with van der Waals surface area (Å²) in [6.45, 7) is -1.71. The molecule has 1 N–H and O–H groups in total. The minimum absolute atomic E-state index is 0.0113. The van der Waals surface area contributed by atoms with Gasteiger partial charge in [0.05, 0.1) is 11.5 Å². The molecule has 8 nitrogen and oxygen atoms in total. The molecule has 0 atom stereocenters. The molecular formula is C11H13F3N4O4. The molecule has 1 aromatic heterocycles. The molecule has 0 aliphatic rings. The van der Waals surface area contributed by atoms with Crippen molar-refractivity contribution >= 4 is 17.4 Å². The summed E-state index contributed by atoms with van der Waals surface area (Å²) in [6, 6.07) is 2.01. The van der Waals surface area contributed by atoms with E-state index in [1.54, 1.807) is 19.0 Å². The zero-order valence-corrected chi connectivity index (χ0v) is 11.7. The van der Waals surface area contributed by atoms with Crippen molar-refractivity contribution in [2.75, 3.05) is 32.6 Å². The van der Waals surface area contributed by atoms with Crippen molar-refractivity contribution in [3.8, 4) is 5.88 Å². The normalized spacial score (nSPS) is 11.4. The summed E-state index contributed by atoms with van der Waals surface area (Å²) in [6.07, 6.45) is -4.67. The molecule has 0 unspecified atom stereocenters. The predicted molar refractivity (Wildman–Crippen MR) is 69.6 cm³/mol. The second kappa shape index (κ2) is 7.02. The number of rotatable bonds is 6. The fourth-order valence-corrected chi connectivity index (χ4v) is 1.37. The maximum Gasteiger partial charge on any atom is 0.422 e. The largest absolute Gasteiger partial charge is 0.463 e. The van der Waals surface area contributed by atoms with E-state index in [4.69, 9.17) is 0 Å². The van der Waals surface area contributed by atoms with Crippen molar-refractivity contribution in [2.24, 2.45) is 0 Å². The summed E-state index contributed by atoms with van der Waals surface area (Å²) in [4.78, 5) is 26.4. The highest BCUT2D eigenvalue weighted by Crippen LogP contribution is 2.28. The Morgan fingerprint density at radius 3 is 2.59 bits per heavy atom. The molecule has 1 amide bonds. The van der Waals surface area contributed by atoms with Gasteiger partial charge in [-0.05, 0) is 20.2 Å². The highest BCUT2D eigenvalue weighted by molar-refractivity contribution is 5.91. The van der Waals surface area contributed by atoms with E-state index in [1.807, 2.05) is 0 Å². The summed E-state index contributed by atoms with van der Waals surface area (Å²) in [5.74, 6) is -1.44. The zero-order chi connectivity index (χ0) is 16.9. The summed E-state index contributed by atoms with van der Waals surface area (Å²) >= 11 is 0. The molecule has 0 aromatic carbocycles. The number of pyridine rings is 1. The molecule has 11 heteroatoms. The van der Waals surface area contributed by atoms with Crippen LogP contribution < -0.4 is 10.1 Å². The number of hydrogen-bond donors (Lipinski definition) is 1. The SMILES string of the molecule is CN(C)CC(=O)Nc1ccc([N+](=O)[O-])c(OCC(F)(F)F)n1. The number of nitro groups is 1. The Labute approximate surface area is 123 Å². The van der Waals surface area contributed by atoms with E-state index in [-0.39, 0.29) is 12.4 Å². The van der Waals surface area contributed by atoms with Gasteiger partial charge in [-0.2, -0.15) is 18.2 Å². The van der Waals surface area contributed by atoms with Gasteiger partial charge in [0.25, 0.3) is 5.88 Å². The van der Waals surface area contributed by atoms with Gasteiger partial charge in [-0.1, -0.05) is 0 Å². The number of likely N-dealkylation sites (N-methyl/N-ethyl adjacent to an activating group) is 1. The molecule has 0 fully saturated rings. The van der Waals surface area contributed by atoms with Crippen LogP contribution in [0.25, 0.3) is 0 Å². The fraction of sp³-hybridized carbons (Fsp3) is 0.455. The molecule has 1 aromatic rings. The fourth-order valence-electron chi connectivity index (χ4n) is 1.37. The molecule has 122 valence electrons. The Bertz CT molecular complexity index is 563. The van der Waals surface area contributed by atoms with E-state index in [2.05, 4.69) is 15.0 Å². The van der Waals surface area contributed by atoms with Gasteiger partial charge in [0.1, 0.15) is 5.82 Å². The van der Waals surface area contributed by atoms with Crippen LogP contribution >= 0.6 is 0 Å². The third kappa shape index (κ3) is 5.91. The van der Waals surface area contributed by atoms with Crippen LogP contribution in [-0.4, -0.2) is 54.1 Å². The Morgan fingerprint density at radius 1 is 1.45 bits per heavy atom. The quantitative estimate of drug-likeness (QED) is 0.628. The van der Waals surface area contributed by atoms with Gasteiger partial charge in [-0.15, -0.1) is 0 Å². The standard InChI is InChI=1S/C11H13F3N4O4/c1-17(2)5-9(19)15-8-4-3-7(18(20)21)10(16-8)22-6-11(12,13)14/h3-4H,5-6H2,1-2H3,(H,15,16,19). The number of anilines is 1. The van der Waals surface area contributed by atoms with Crippen LogP contribution in [0.5, 0.6) is 5.88 Å². The van der Waals surface area contributed by atoms with E-state index in [1.165, 1.54) is 0 Å². The van der Waals surface area contributed by atoms with E-state index in [0.29, 0.717) is 0 Å². The van der Waals surface area contributed by atoms with Gasteiger partial charge in [-0.3, -0.25) is 14.9 Å². The lowest BCUT2D eigenvalue weighted by atomic mass is 10.4. The maximum atomic E-state index is 12.1. The highest BCUT2D eigenvalue weighted by atomic mass is 19.4. The molecule has 22 heavy (non-hydrogen) atoms. The number of ether oxygens (including phenoxy) is 1. The maximum absolute atomic E-state index is 12.1. The second-order valence-corrected chi connectivity index (χ2v) is 4.47.